The zero-order valence-corrected chi connectivity index (χ0v) is 13.8. The summed E-state index contributed by atoms with van der Waals surface area (Å²) in [5, 5.41) is 0. The van der Waals surface area contributed by atoms with Crippen LogP contribution in [0.25, 0.3) is 0 Å². The number of H-pyrrole nitrogens is 1. The molecule has 1 heterocycles. The lowest BCUT2D eigenvalue weighted by atomic mass is 10.1. The van der Waals surface area contributed by atoms with Crippen LogP contribution in [0.3, 0.4) is 0 Å². The van der Waals surface area contributed by atoms with Gasteiger partial charge in [-0.05, 0) is 43.9 Å². The molecule has 0 saturated heterocycles. The number of hydrogen-bond donors (Lipinski definition) is 1. The van der Waals surface area contributed by atoms with E-state index in [1.54, 1.807) is 6.20 Å². The second-order valence-corrected chi connectivity index (χ2v) is 5.85. The molecular formula is C19H24N2O. The number of aliphatic imine (C=N–C) groups is 1. The highest BCUT2D eigenvalue weighted by Gasteiger charge is 2.09. The molecule has 1 aromatic heterocycles. The van der Waals surface area contributed by atoms with Crippen molar-refractivity contribution < 1.29 is 0 Å². The van der Waals surface area contributed by atoms with E-state index in [2.05, 4.69) is 50.1 Å². The van der Waals surface area contributed by atoms with Gasteiger partial charge in [0, 0.05) is 23.0 Å². The fraction of sp³-hybridized carbons (Fsp3) is 0.368. The van der Waals surface area contributed by atoms with Gasteiger partial charge in [-0.3, -0.25) is 9.79 Å². The van der Waals surface area contributed by atoms with E-state index in [4.69, 9.17) is 4.99 Å². The van der Waals surface area contributed by atoms with Crippen LogP contribution in [0.5, 0.6) is 0 Å². The van der Waals surface area contributed by atoms with Gasteiger partial charge < -0.3 is 4.98 Å². The molecule has 1 aliphatic carbocycles. The van der Waals surface area contributed by atoms with Gasteiger partial charge >= 0.3 is 0 Å². The lowest BCUT2D eigenvalue weighted by Crippen LogP contribution is -2.12. The molecule has 0 saturated carbocycles. The van der Waals surface area contributed by atoms with E-state index >= 15 is 0 Å². The second-order valence-electron chi connectivity index (χ2n) is 5.85. The molecule has 0 bridgehead atoms. The van der Waals surface area contributed by atoms with Gasteiger partial charge in [-0.1, -0.05) is 38.5 Å². The Morgan fingerprint density at radius 2 is 2.14 bits per heavy atom. The zero-order chi connectivity index (χ0) is 16.1. The van der Waals surface area contributed by atoms with Crippen LogP contribution in [0.4, 0.5) is 0 Å². The summed E-state index contributed by atoms with van der Waals surface area (Å²) in [6.45, 7) is 8.23. The number of rotatable bonds is 4. The van der Waals surface area contributed by atoms with Gasteiger partial charge in [0.1, 0.15) is 0 Å². The molecule has 22 heavy (non-hydrogen) atoms. The number of nitrogens with one attached hydrogen (secondary N) is 1. The summed E-state index contributed by atoms with van der Waals surface area (Å²) in [5.74, 6) is 0.425. The number of nitrogens with zero attached hydrogens (tertiary/aromatic N) is 1. The minimum Gasteiger partial charge on any atom is -0.328 e. The van der Waals surface area contributed by atoms with Crippen LogP contribution in [0.2, 0.25) is 0 Å². The lowest BCUT2D eigenvalue weighted by Gasteiger charge is -2.09. The van der Waals surface area contributed by atoms with Crippen LogP contribution >= 0.6 is 0 Å². The highest BCUT2D eigenvalue weighted by Crippen LogP contribution is 2.20. The molecule has 1 N–H and O–H groups in total. The Kier molecular flexibility index (Phi) is 5.31. The fourth-order valence-electron chi connectivity index (χ4n) is 2.53. The molecule has 3 nitrogen and oxygen atoms in total. The molecule has 0 radical (unpaired) electrons. The van der Waals surface area contributed by atoms with Crippen molar-refractivity contribution in [1.29, 1.82) is 0 Å². The van der Waals surface area contributed by atoms with Crippen molar-refractivity contribution in [2.75, 3.05) is 0 Å². The Labute approximate surface area is 132 Å². The van der Waals surface area contributed by atoms with Crippen LogP contribution in [0, 0.1) is 12.8 Å². The maximum atomic E-state index is 11.6. The molecule has 2 rings (SSSR count). The summed E-state index contributed by atoms with van der Waals surface area (Å²) < 4.78 is 0. The van der Waals surface area contributed by atoms with Crippen LogP contribution in [0.1, 0.15) is 44.7 Å². The first-order valence-corrected chi connectivity index (χ1v) is 7.85. The number of hydrogen-bond acceptors (Lipinski definition) is 2. The highest BCUT2D eigenvalue weighted by atomic mass is 16.1. The third kappa shape index (κ3) is 3.94. The average Bonchev–Trinajstić information content (AvgIpc) is 2.62. The molecule has 0 fully saturated rings. The SMILES string of the molecule is CCC/C(=N\C1=CC=CC(C)C=C1C)c1c[nH]c(=O)c(C)c1. The van der Waals surface area contributed by atoms with E-state index in [0.717, 1.165) is 35.4 Å². The Bertz CT molecular complexity index is 717. The number of aromatic amines is 1. The van der Waals surface area contributed by atoms with Crippen molar-refractivity contribution in [2.24, 2.45) is 10.9 Å². The number of allylic oxidation sites excluding steroid dienone is 5. The van der Waals surface area contributed by atoms with Gasteiger partial charge in [0.15, 0.2) is 0 Å². The van der Waals surface area contributed by atoms with Gasteiger partial charge in [-0.15, -0.1) is 0 Å². The molecule has 1 aliphatic rings. The van der Waals surface area contributed by atoms with Crippen molar-refractivity contribution in [3.8, 4) is 0 Å². The van der Waals surface area contributed by atoms with Gasteiger partial charge in [0.2, 0.25) is 0 Å². The average molecular weight is 296 g/mol. The van der Waals surface area contributed by atoms with Gasteiger partial charge in [0.05, 0.1) is 5.70 Å². The number of aryl methyl sites for hydroxylation is 1. The molecule has 1 aromatic rings. The van der Waals surface area contributed by atoms with Crippen molar-refractivity contribution in [2.45, 2.75) is 40.5 Å². The predicted octanol–water partition coefficient (Wildman–Crippen LogP) is 4.31. The summed E-state index contributed by atoms with van der Waals surface area (Å²) in [7, 11) is 0. The topological polar surface area (TPSA) is 45.2 Å². The Hall–Kier alpha value is -2.16. The van der Waals surface area contributed by atoms with Crippen molar-refractivity contribution in [3.63, 3.8) is 0 Å². The minimum absolute atomic E-state index is 0.0406. The quantitative estimate of drug-likeness (QED) is 0.827. The number of aromatic nitrogens is 1. The first kappa shape index (κ1) is 16.2. The standard InChI is InChI=1S/C19H24N2O/c1-5-7-18(16-11-15(4)19(22)20-12-16)21-17-9-6-8-13(2)10-14(17)3/h6,8-13H,5,7H2,1-4H3,(H,20,22)/b21-18+. The van der Waals surface area contributed by atoms with Gasteiger partial charge in [-0.25, -0.2) is 0 Å². The van der Waals surface area contributed by atoms with Crippen LogP contribution in [0.15, 0.2) is 57.6 Å². The van der Waals surface area contributed by atoms with Crippen molar-refractivity contribution in [3.05, 3.63) is 69.3 Å². The van der Waals surface area contributed by atoms with Gasteiger partial charge in [-0.2, -0.15) is 0 Å². The van der Waals surface area contributed by atoms with Crippen molar-refractivity contribution >= 4 is 5.71 Å². The Morgan fingerprint density at radius 3 is 2.82 bits per heavy atom. The van der Waals surface area contributed by atoms with E-state index in [1.807, 2.05) is 13.0 Å². The maximum Gasteiger partial charge on any atom is 0.250 e. The molecule has 3 heteroatoms. The first-order valence-electron chi connectivity index (χ1n) is 7.85. The predicted molar refractivity (Wildman–Crippen MR) is 93.4 cm³/mol. The van der Waals surface area contributed by atoms with E-state index in [0.29, 0.717) is 5.92 Å². The molecular weight excluding hydrogens is 272 g/mol. The van der Waals surface area contributed by atoms with E-state index in [-0.39, 0.29) is 5.56 Å². The van der Waals surface area contributed by atoms with E-state index in [9.17, 15) is 4.79 Å². The number of pyridine rings is 1. The van der Waals surface area contributed by atoms with Crippen LogP contribution in [-0.4, -0.2) is 10.7 Å². The fourth-order valence-corrected chi connectivity index (χ4v) is 2.53. The summed E-state index contributed by atoms with van der Waals surface area (Å²) in [5.41, 5.74) is 4.87. The summed E-state index contributed by atoms with van der Waals surface area (Å²) in [6.07, 6.45) is 12.2. The minimum atomic E-state index is -0.0406. The first-order chi connectivity index (χ1) is 10.5. The summed E-state index contributed by atoms with van der Waals surface area (Å²) >= 11 is 0. The maximum absolute atomic E-state index is 11.6. The molecule has 0 aliphatic heterocycles. The highest BCUT2D eigenvalue weighted by molar-refractivity contribution is 6.01. The zero-order valence-electron chi connectivity index (χ0n) is 13.8. The smallest absolute Gasteiger partial charge is 0.250 e. The normalized spacial score (nSPS) is 18.7. The van der Waals surface area contributed by atoms with Crippen molar-refractivity contribution in [1.82, 2.24) is 4.98 Å². The second kappa shape index (κ2) is 7.21. The molecule has 0 aromatic carbocycles. The summed E-state index contributed by atoms with van der Waals surface area (Å²) in [6, 6.07) is 1.92. The monoisotopic (exact) mass is 296 g/mol. The van der Waals surface area contributed by atoms with Crippen LogP contribution in [-0.2, 0) is 0 Å². The molecule has 1 atom stereocenters. The Balaban J connectivity index is 2.44. The summed E-state index contributed by atoms with van der Waals surface area (Å²) in [4.78, 5) is 19.2. The third-order valence-electron chi connectivity index (χ3n) is 3.75. The molecule has 0 amide bonds. The van der Waals surface area contributed by atoms with Gasteiger partial charge in [0.25, 0.3) is 5.56 Å². The Morgan fingerprint density at radius 1 is 1.36 bits per heavy atom. The third-order valence-corrected chi connectivity index (χ3v) is 3.75. The lowest BCUT2D eigenvalue weighted by molar-refractivity contribution is 0.930. The van der Waals surface area contributed by atoms with E-state index in [1.165, 1.54) is 5.57 Å². The largest absolute Gasteiger partial charge is 0.328 e. The molecule has 116 valence electrons. The molecule has 0 spiro atoms. The van der Waals surface area contributed by atoms with E-state index < -0.39 is 0 Å². The van der Waals surface area contributed by atoms with Crippen LogP contribution < -0.4 is 5.56 Å². The molecule has 1 unspecified atom stereocenters.